The van der Waals surface area contributed by atoms with Crippen molar-refractivity contribution in [2.45, 2.75) is 0 Å². The number of anilines is 1. The Morgan fingerprint density at radius 1 is 1.33 bits per heavy atom. The van der Waals surface area contributed by atoms with Gasteiger partial charge in [-0.05, 0) is 6.07 Å². The van der Waals surface area contributed by atoms with Crippen LogP contribution < -0.4 is 11.3 Å². The number of para-hydroxylation sites is 1. The quantitative estimate of drug-likeness (QED) is 0.640. The molecule has 15 heavy (non-hydrogen) atoms. The zero-order chi connectivity index (χ0) is 11.0. The Bertz CT molecular complexity index is 601. The highest BCUT2D eigenvalue weighted by Gasteiger charge is 2.15. The van der Waals surface area contributed by atoms with Gasteiger partial charge in [0.2, 0.25) is 0 Å². The van der Waals surface area contributed by atoms with Crippen LogP contribution in [0.4, 0.5) is 5.69 Å². The number of aromatic nitrogens is 1. The molecule has 0 radical (unpaired) electrons. The minimum atomic E-state index is -1.20. The molecule has 0 aliphatic rings. The monoisotopic (exact) mass is 204 g/mol. The summed E-state index contributed by atoms with van der Waals surface area (Å²) in [4.78, 5) is 24.8. The minimum Gasteiger partial charge on any atom is -0.478 e. The summed E-state index contributed by atoms with van der Waals surface area (Å²) in [5, 5.41) is 9.39. The van der Waals surface area contributed by atoms with Gasteiger partial charge in [0.15, 0.2) is 0 Å². The predicted molar refractivity (Wildman–Crippen MR) is 55.9 cm³/mol. The van der Waals surface area contributed by atoms with Gasteiger partial charge in [0, 0.05) is 10.9 Å². The SMILES string of the molecule is Nc1c(C(=O)O)c2ccccc2[nH]c1=O. The molecular formula is C10H8N2O3. The number of nitrogen functional groups attached to an aromatic ring is 1. The molecule has 0 saturated heterocycles. The number of H-pyrrole nitrogens is 1. The number of nitrogens with two attached hydrogens (primary N) is 1. The fourth-order valence-corrected chi connectivity index (χ4v) is 1.49. The van der Waals surface area contributed by atoms with E-state index in [9.17, 15) is 9.59 Å². The third-order valence-electron chi connectivity index (χ3n) is 2.17. The number of carbonyl (C=O) groups is 1. The van der Waals surface area contributed by atoms with E-state index in [1.54, 1.807) is 24.3 Å². The molecule has 1 heterocycles. The van der Waals surface area contributed by atoms with Crippen LogP contribution in [0.25, 0.3) is 10.9 Å². The lowest BCUT2D eigenvalue weighted by Crippen LogP contribution is -2.17. The van der Waals surface area contributed by atoms with Crippen LogP contribution in [0.2, 0.25) is 0 Å². The van der Waals surface area contributed by atoms with E-state index in [4.69, 9.17) is 10.8 Å². The van der Waals surface area contributed by atoms with Crippen molar-refractivity contribution >= 4 is 22.6 Å². The van der Waals surface area contributed by atoms with Crippen molar-refractivity contribution in [2.24, 2.45) is 0 Å². The van der Waals surface area contributed by atoms with E-state index in [2.05, 4.69) is 4.98 Å². The Balaban J connectivity index is 3.02. The van der Waals surface area contributed by atoms with Crippen LogP contribution in [0.5, 0.6) is 0 Å². The molecule has 4 N–H and O–H groups in total. The summed E-state index contributed by atoms with van der Waals surface area (Å²) in [6.45, 7) is 0. The van der Waals surface area contributed by atoms with Crippen LogP contribution in [-0.2, 0) is 0 Å². The first kappa shape index (κ1) is 9.26. The third-order valence-corrected chi connectivity index (χ3v) is 2.17. The first-order chi connectivity index (χ1) is 7.11. The highest BCUT2D eigenvalue weighted by Crippen LogP contribution is 2.18. The molecule has 1 aromatic heterocycles. The number of nitrogens with one attached hydrogen (secondary N) is 1. The molecule has 0 atom stereocenters. The Hall–Kier alpha value is -2.30. The van der Waals surface area contributed by atoms with Gasteiger partial charge in [0.1, 0.15) is 5.69 Å². The van der Waals surface area contributed by atoms with E-state index in [1.807, 2.05) is 0 Å². The Labute approximate surface area is 84.2 Å². The molecule has 2 aromatic rings. The number of carboxylic acid groups (broad SMARTS) is 1. The molecule has 0 bridgehead atoms. The second kappa shape index (κ2) is 3.13. The molecule has 0 spiro atoms. The number of benzene rings is 1. The van der Waals surface area contributed by atoms with Crippen LogP contribution in [0.1, 0.15) is 10.4 Å². The summed E-state index contributed by atoms with van der Waals surface area (Å²) in [5.74, 6) is -1.20. The van der Waals surface area contributed by atoms with Gasteiger partial charge in [-0.15, -0.1) is 0 Å². The number of aromatic carboxylic acids is 1. The van der Waals surface area contributed by atoms with Gasteiger partial charge < -0.3 is 15.8 Å². The van der Waals surface area contributed by atoms with Crippen LogP contribution in [0.15, 0.2) is 29.1 Å². The maximum Gasteiger partial charge on any atom is 0.338 e. The predicted octanol–water partition coefficient (Wildman–Crippen LogP) is 0.808. The van der Waals surface area contributed by atoms with E-state index in [-0.39, 0.29) is 11.3 Å². The summed E-state index contributed by atoms with van der Waals surface area (Å²) in [6, 6.07) is 6.63. The molecule has 76 valence electrons. The number of pyridine rings is 1. The largest absolute Gasteiger partial charge is 0.478 e. The summed E-state index contributed by atoms with van der Waals surface area (Å²) >= 11 is 0. The molecule has 5 nitrogen and oxygen atoms in total. The molecule has 0 amide bonds. The van der Waals surface area contributed by atoms with Crippen molar-refractivity contribution in [1.82, 2.24) is 4.98 Å². The summed E-state index contributed by atoms with van der Waals surface area (Å²) in [5.41, 5.74) is 4.91. The molecule has 0 fully saturated rings. The molecule has 0 aliphatic carbocycles. The van der Waals surface area contributed by atoms with Gasteiger partial charge in [-0.2, -0.15) is 0 Å². The highest BCUT2D eigenvalue weighted by atomic mass is 16.4. The Kier molecular flexibility index (Phi) is 1.93. The van der Waals surface area contributed by atoms with E-state index < -0.39 is 11.5 Å². The number of aromatic amines is 1. The topological polar surface area (TPSA) is 96.2 Å². The number of hydrogen-bond donors (Lipinski definition) is 3. The first-order valence-corrected chi connectivity index (χ1v) is 4.25. The lowest BCUT2D eigenvalue weighted by atomic mass is 10.1. The first-order valence-electron chi connectivity index (χ1n) is 4.25. The normalized spacial score (nSPS) is 10.4. The van der Waals surface area contributed by atoms with Crippen LogP contribution in [0.3, 0.4) is 0 Å². The van der Waals surface area contributed by atoms with E-state index >= 15 is 0 Å². The van der Waals surface area contributed by atoms with Gasteiger partial charge in [0.05, 0.1) is 5.56 Å². The molecule has 1 aromatic carbocycles. The molecule has 2 rings (SSSR count). The molecule has 0 saturated carbocycles. The van der Waals surface area contributed by atoms with Crippen molar-refractivity contribution < 1.29 is 9.90 Å². The van der Waals surface area contributed by atoms with E-state index in [0.717, 1.165) is 0 Å². The minimum absolute atomic E-state index is 0.144. The molecule has 0 aliphatic heterocycles. The van der Waals surface area contributed by atoms with Crippen LogP contribution >= 0.6 is 0 Å². The number of hydrogen-bond acceptors (Lipinski definition) is 3. The average molecular weight is 204 g/mol. The second-order valence-electron chi connectivity index (χ2n) is 3.09. The zero-order valence-electron chi connectivity index (χ0n) is 7.65. The fourth-order valence-electron chi connectivity index (χ4n) is 1.49. The van der Waals surface area contributed by atoms with Crippen molar-refractivity contribution in [3.8, 4) is 0 Å². The molecule has 0 unspecified atom stereocenters. The molecular weight excluding hydrogens is 196 g/mol. The van der Waals surface area contributed by atoms with Crippen molar-refractivity contribution in [1.29, 1.82) is 0 Å². The maximum atomic E-state index is 11.3. The van der Waals surface area contributed by atoms with E-state index in [0.29, 0.717) is 10.9 Å². The number of rotatable bonds is 1. The number of carboxylic acids is 1. The van der Waals surface area contributed by atoms with Gasteiger partial charge in [-0.1, -0.05) is 18.2 Å². The van der Waals surface area contributed by atoms with Crippen LogP contribution in [0, 0.1) is 0 Å². The van der Waals surface area contributed by atoms with Gasteiger partial charge >= 0.3 is 5.97 Å². The van der Waals surface area contributed by atoms with Crippen molar-refractivity contribution in [2.75, 3.05) is 5.73 Å². The van der Waals surface area contributed by atoms with Crippen molar-refractivity contribution in [3.05, 3.63) is 40.2 Å². The smallest absolute Gasteiger partial charge is 0.338 e. The van der Waals surface area contributed by atoms with Crippen molar-refractivity contribution in [3.63, 3.8) is 0 Å². The number of fused-ring (bicyclic) bond motifs is 1. The van der Waals surface area contributed by atoms with Gasteiger partial charge in [-0.25, -0.2) is 4.79 Å². The lowest BCUT2D eigenvalue weighted by Gasteiger charge is -2.04. The summed E-state index contributed by atoms with van der Waals surface area (Å²) < 4.78 is 0. The van der Waals surface area contributed by atoms with Crippen LogP contribution in [-0.4, -0.2) is 16.1 Å². The lowest BCUT2D eigenvalue weighted by molar-refractivity contribution is 0.0700. The standard InChI is InChI=1S/C10H8N2O3/c11-8-7(10(14)15)5-3-1-2-4-6(5)12-9(8)13/h1-4H,11H2,(H,12,13)(H,14,15). The summed E-state index contributed by atoms with van der Waals surface area (Å²) in [7, 11) is 0. The summed E-state index contributed by atoms with van der Waals surface area (Å²) in [6.07, 6.45) is 0. The second-order valence-corrected chi connectivity index (χ2v) is 3.09. The van der Waals surface area contributed by atoms with E-state index in [1.165, 1.54) is 0 Å². The molecule has 5 heteroatoms. The highest BCUT2D eigenvalue weighted by molar-refractivity contribution is 6.06. The Morgan fingerprint density at radius 3 is 2.67 bits per heavy atom. The van der Waals surface area contributed by atoms with Gasteiger partial charge in [-0.3, -0.25) is 4.79 Å². The zero-order valence-corrected chi connectivity index (χ0v) is 7.65. The fraction of sp³-hybridized carbons (Fsp3) is 0. The maximum absolute atomic E-state index is 11.3. The third kappa shape index (κ3) is 1.34. The Morgan fingerprint density at radius 2 is 2.00 bits per heavy atom. The average Bonchev–Trinajstić information content (AvgIpc) is 2.19. The van der Waals surface area contributed by atoms with Gasteiger partial charge in [0.25, 0.3) is 5.56 Å².